The summed E-state index contributed by atoms with van der Waals surface area (Å²) in [6.45, 7) is 1.96. The molecule has 1 unspecified atom stereocenters. The predicted molar refractivity (Wildman–Crippen MR) is 89.4 cm³/mol. The third-order valence-corrected chi connectivity index (χ3v) is 4.76. The molecule has 0 aromatic heterocycles. The molecule has 2 aromatic carbocycles. The van der Waals surface area contributed by atoms with Gasteiger partial charge in [-0.25, -0.2) is 0 Å². The first kappa shape index (κ1) is 16.0. The summed E-state index contributed by atoms with van der Waals surface area (Å²) in [6, 6.07) is 11.5. The highest BCUT2D eigenvalue weighted by Gasteiger charge is 2.08. The molecule has 2 rings (SSSR count). The average molecular weight is 347 g/mol. The fraction of sp³-hybridized carbons (Fsp3) is 0.200. The van der Waals surface area contributed by atoms with Crippen LogP contribution in [-0.4, -0.2) is 6.04 Å². The molecule has 0 spiro atoms. The first-order valence-electron chi connectivity index (χ1n) is 6.12. The van der Waals surface area contributed by atoms with E-state index in [0.717, 1.165) is 26.8 Å². The normalized spacial score (nSPS) is 12.4. The second kappa shape index (κ2) is 7.06. The third-order valence-electron chi connectivity index (χ3n) is 2.69. The highest BCUT2D eigenvalue weighted by atomic mass is 35.5. The summed E-state index contributed by atoms with van der Waals surface area (Å²) in [5.41, 5.74) is 6.85. The lowest BCUT2D eigenvalue weighted by Crippen LogP contribution is -2.17. The van der Waals surface area contributed by atoms with Crippen LogP contribution in [0, 0.1) is 0 Å². The zero-order valence-electron chi connectivity index (χ0n) is 10.9. The van der Waals surface area contributed by atoms with Crippen molar-refractivity contribution in [1.82, 2.24) is 0 Å². The first-order valence-corrected chi connectivity index (χ1v) is 8.07. The topological polar surface area (TPSA) is 26.0 Å². The summed E-state index contributed by atoms with van der Waals surface area (Å²) in [6.07, 6.45) is 0.766. The van der Waals surface area contributed by atoms with E-state index in [-0.39, 0.29) is 6.04 Å². The quantitative estimate of drug-likeness (QED) is 0.769. The molecule has 20 heavy (non-hydrogen) atoms. The first-order chi connectivity index (χ1) is 9.45. The molecule has 5 heteroatoms. The van der Waals surface area contributed by atoms with Gasteiger partial charge in [-0.1, -0.05) is 52.6 Å². The number of halogens is 3. The van der Waals surface area contributed by atoms with Crippen LogP contribution >= 0.6 is 46.6 Å². The number of hydrogen-bond donors (Lipinski definition) is 1. The van der Waals surface area contributed by atoms with E-state index in [4.69, 9.17) is 40.5 Å². The second-order valence-electron chi connectivity index (χ2n) is 4.61. The molecule has 0 bridgehead atoms. The van der Waals surface area contributed by atoms with E-state index in [2.05, 4.69) is 0 Å². The summed E-state index contributed by atoms with van der Waals surface area (Å²) in [4.78, 5) is 1.93. The van der Waals surface area contributed by atoms with Crippen molar-refractivity contribution in [3.63, 3.8) is 0 Å². The predicted octanol–water partition coefficient (Wildman–Crippen LogP) is 5.69. The van der Waals surface area contributed by atoms with Crippen LogP contribution in [0.1, 0.15) is 12.5 Å². The monoisotopic (exact) mass is 345 g/mol. The molecule has 0 aliphatic rings. The molecule has 2 aromatic rings. The number of rotatable bonds is 4. The Labute approximate surface area is 138 Å². The lowest BCUT2D eigenvalue weighted by molar-refractivity contribution is 0.738. The van der Waals surface area contributed by atoms with Gasteiger partial charge in [-0.3, -0.25) is 0 Å². The largest absolute Gasteiger partial charge is 0.328 e. The lowest BCUT2D eigenvalue weighted by Gasteiger charge is -2.10. The fourth-order valence-electron chi connectivity index (χ4n) is 1.79. The van der Waals surface area contributed by atoms with Crippen LogP contribution in [0.15, 0.2) is 46.2 Å². The van der Waals surface area contributed by atoms with Gasteiger partial charge in [0.1, 0.15) is 0 Å². The van der Waals surface area contributed by atoms with Gasteiger partial charge < -0.3 is 5.73 Å². The van der Waals surface area contributed by atoms with Gasteiger partial charge in [0.15, 0.2) is 0 Å². The van der Waals surface area contributed by atoms with Crippen molar-refractivity contribution in [3.8, 4) is 0 Å². The second-order valence-corrected chi connectivity index (χ2v) is 6.98. The van der Waals surface area contributed by atoms with Crippen molar-refractivity contribution in [1.29, 1.82) is 0 Å². The van der Waals surface area contributed by atoms with E-state index in [9.17, 15) is 0 Å². The zero-order valence-corrected chi connectivity index (χ0v) is 14.0. The van der Waals surface area contributed by atoms with Gasteiger partial charge in [-0.15, -0.1) is 0 Å². The van der Waals surface area contributed by atoms with Crippen LogP contribution in [0.4, 0.5) is 0 Å². The standard InChI is InChI=1S/C15H14Cl3NS/c1-9(19)6-10-2-4-12(8-14(10)18)20-15-7-11(16)3-5-13(15)17/h2-5,7-9H,6,19H2,1H3. The van der Waals surface area contributed by atoms with Crippen molar-refractivity contribution < 1.29 is 0 Å². The molecule has 0 radical (unpaired) electrons. The molecule has 0 heterocycles. The van der Waals surface area contributed by atoms with Crippen LogP contribution in [0.2, 0.25) is 15.1 Å². The molecular weight excluding hydrogens is 333 g/mol. The molecule has 1 nitrogen and oxygen atoms in total. The Morgan fingerprint density at radius 3 is 2.45 bits per heavy atom. The van der Waals surface area contributed by atoms with Crippen molar-refractivity contribution in [2.75, 3.05) is 0 Å². The van der Waals surface area contributed by atoms with Gasteiger partial charge in [0.25, 0.3) is 0 Å². The van der Waals surface area contributed by atoms with Crippen LogP contribution in [0.5, 0.6) is 0 Å². The highest BCUT2D eigenvalue weighted by molar-refractivity contribution is 7.99. The Kier molecular flexibility index (Phi) is 5.65. The Balaban J connectivity index is 2.22. The smallest absolute Gasteiger partial charge is 0.0546 e. The van der Waals surface area contributed by atoms with E-state index in [1.54, 1.807) is 12.1 Å². The zero-order chi connectivity index (χ0) is 14.7. The summed E-state index contributed by atoms with van der Waals surface area (Å²) >= 11 is 20.0. The van der Waals surface area contributed by atoms with Gasteiger partial charge in [0.05, 0.1) is 5.02 Å². The lowest BCUT2D eigenvalue weighted by atomic mass is 10.1. The van der Waals surface area contributed by atoms with Crippen LogP contribution < -0.4 is 5.73 Å². The van der Waals surface area contributed by atoms with Crippen LogP contribution in [-0.2, 0) is 6.42 Å². The van der Waals surface area contributed by atoms with Gasteiger partial charge in [0.2, 0.25) is 0 Å². The molecule has 0 fully saturated rings. The number of nitrogens with two attached hydrogens (primary N) is 1. The Morgan fingerprint density at radius 1 is 1.05 bits per heavy atom. The fourth-order valence-corrected chi connectivity index (χ4v) is 3.50. The summed E-state index contributed by atoms with van der Waals surface area (Å²) < 4.78 is 0. The maximum absolute atomic E-state index is 6.28. The van der Waals surface area contributed by atoms with Crippen molar-refractivity contribution in [2.45, 2.75) is 29.2 Å². The van der Waals surface area contributed by atoms with Crippen molar-refractivity contribution >= 4 is 46.6 Å². The van der Waals surface area contributed by atoms with E-state index >= 15 is 0 Å². The molecule has 2 N–H and O–H groups in total. The average Bonchev–Trinajstić information content (AvgIpc) is 2.37. The van der Waals surface area contributed by atoms with Crippen LogP contribution in [0.25, 0.3) is 0 Å². The molecule has 0 aliphatic carbocycles. The van der Waals surface area contributed by atoms with Crippen molar-refractivity contribution in [2.24, 2.45) is 5.73 Å². The van der Waals surface area contributed by atoms with Crippen LogP contribution in [0.3, 0.4) is 0 Å². The van der Waals surface area contributed by atoms with E-state index in [1.165, 1.54) is 11.8 Å². The summed E-state index contributed by atoms with van der Waals surface area (Å²) in [7, 11) is 0. The Bertz CT molecular complexity index is 614. The van der Waals surface area contributed by atoms with Gasteiger partial charge in [-0.2, -0.15) is 0 Å². The minimum atomic E-state index is 0.0911. The molecular formula is C15H14Cl3NS. The molecule has 1 atom stereocenters. The molecule has 0 amide bonds. The molecule has 0 aliphatic heterocycles. The minimum absolute atomic E-state index is 0.0911. The minimum Gasteiger partial charge on any atom is -0.328 e. The van der Waals surface area contributed by atoms with E-state index in [0.29, 0.717) is 10.0 Å². The maximum atomic E-state index is 6.28. The van der Waals surface area contributed by atoms with Gasteiger partial charge >= 0.3 is 0 Å². The van der Waals surface area contributed by atoms with E-state index in [1.807, 2.05) is 31.2 Å². The third kappa shape index (κ3) is 4.31. The highest BCUT2D eigenvalue weighted by Crippen LogP contribution is 2.36. The number of hydrogen-bond acceptors (Lipinski definition) is 2. The maximum Gasteiger partial charge on any atom is 0.0546 e. The number of benzene rings is 2. The Morgan fingerprint density at radius 2 is 1.80 bits per heavy atom. The molecule has 0 saturated carbocycles. The summed E-state index contributed by atoms with van der Waals surface area (Å²) in [5, 5.41) is 2.07. The van der Waals surface area contributed by atoms with E-state index < -0.39 is 0 Å². The summed E-state index contributed by atoms with van der Waals surface area (Å²) in [5.74, 6) is 0. The Hall–Kier alpha value is -0.380. The SMILES string of the molecule is CC(N)Cc1ccc(Sc2cc(Cl)ccc2Cl)cc1Cl. The molecule has 0 saturated heterocycles. The van der Waals surface area contributed by atoms with Crippen molar-refractivity contribution in [3.05, 3.63) is 57.0 Å². The van der Waals surface area contributed by atoms with Gasteiger partial charge in [-0.05, 0) is 49.2 Å². The van der Waals surface area contributed by atoms with Gasteiger partial charge in [0, 0.05) is 25.9 Å². The molecule has 106 valence electrons.